The summed E-state index contributed by atoms with van der Waals surface area (Å²) in [5.74, 6) is -0.719. The van der Waals surface area contributed by atoms with Crippen LogP contribution in [0.2, 0.25) is 0 Å². The highest BCUT2D eigenvalue weighted by atomic mass is 32.2. The lowest BCUT2D eigenvalue weighted by Gasteiger charge is -2.22. The van der Waals surface area contributed by atoms with Crippen LogP contribution in [0.5, 0.6) is 0 Å². The summed E-state index contributed by atoms with van der Waals surface area (Å²) < 4.78 is 38.5. The van der Waals surface area contributed by atoms with Gasteiger partial charge in [-0.25, -0.2) is 12.8 Å². The maximum absolute atomic E-state index is 13.1. The maximum Gasteiger partial charge on any atom is 0.232 e. The second-order valence-electron chi connectivity index (χ2n) is 5.84. The first-order valence-corrected chi connectivity index (χ1v) is 9.70. The Morgan fingerprint density at radius 2 is 1.88 bits per heavy atom. The Morgan fingerprint density at radius 3 is 2.52 bits per heavy atom. The van der Waals surface area contributed by atoms with Crippen molar-refractivity contribution < 1.29 is 17.6 Å². The van der Waals surface area contributed by atoms with Gasteiger partial charge in [0.15, 0.2) is 0 Å². The van der Waals surface area contributed by atoms with E-state index in [2.05, 4.69) is 5.32 Å². The number of nitrogens with one attached hydrogen (secondary N) is 1. The van der Waals surface area contributed by atoms with Gasteiger partial charge in [-0.1, -0.05) is 18.2 Å². The average Bonchev–Trinajstić information content (AvgIpc) is 2.50. The molecule has 25 heavy (non-hydrogen) atoms. The molecule has 134 valence electrons. The van der Waals surface area contributed by atoms with Gasteiger partial charge >= 0.3 is 0 Å². The van der Waals surface area contributed by atoms with Gasteiger partial charge in [-0.2, -0.15) is 0 Å². The fourth-order valence-corrected chi connectivity index (χ4v) is 3.40. The van der Waals surface area contributed by atoms with Crippen molar-refractivity contribution >= 4 is 27.3 Å². The predicted molar refractivity (Wildman–Crippen MR) is 97.6 cm³/mol. The summed E-state index contributed by atoms with van der Waals surface area (Å²) in [5.41, 5.74) is 1.91. The van der Waals surface area contributed by atoms with Crippen molar-refractivity contribution in [3.05, 3.63) is 59.9 Å². The number of hydrogen-bond donors (Lipinski definition) is 1. The molecule has 0 unspecified atom stereocenters. The monoisotopic (exact) mass is 364 g/mol. The van der Waals surface area contributed by atoms with E-state index in [4.69, 9.17) is 0 Å². The van der Waals surface area contributed by atoms with E-state index < -0.39 is 15.8 Å². The summed E-state index contributed by atoms with van der Waals surface area (Å²) in [4.78, 5) is 11.9. The van der Waals surface area contributed by atoms with Gasteiger partial charge in [0.25, 0.3) is 0 Å². The van der Waals surface area contributed by atoms with Crippen LogP contribution in [0, 0.1) is 12.7 Å². The molecule has 0 saturated heterocycles. The van der Waals surface area contributed by atoms with Crippen molar-refractivity contribution in [1.82, 2.24) is 0 Å². The highest BCUT2D eigenvalue weighted by Crippen LogP contribution is 2.19. The molecule has 0 fully saturated rings. The van der Waals surface area contributed by atoms with Crippen molar-refractivity contribution in [2.75, 3.05) is 22.4 Å². The highest BCUT2D eigenvalue weighted by Gasteiger charge is 2.17. The molecule has 0 bridgehead atoms. The van der Waals surface area contributed by atoms with Crippen molar-refractivity contribution in [1.29, 1.82) is 0 Å². The Kier molecular flexibility index (Phi) is 6.14. The fourth-order valence-electron chi connectivity index (χ4n) is 2.44. The quantitative estimate of drug-likeness (QED) is 0.820. The summed E-state index contributed by atoms with van der Waals surface area (Å²) in [6.45, 7) is 2.08. The predicted octanol–water partition coefficient (Wildman–Crippen LogP) is 3.32. The molecule has 0 atom stereocenters. The first-order valence-electron chi connectivity index (χ1n) is 7.85. The molecule has 0 aliphatic heterocycles. The van der Waals surface area contributed by atoms with Crippen molar-refractivity contribution in [3.63, 3.8) is 0 Å². The van der Waals surface area contributed by atoms with Gasteiger partial charge in [0, 0.05) is 18.7 Å². The number of benzene rings is 2. The Hall–Kier alpha value is -2.41. The number of halogens is 1. The molecule has 5 nitrogen and oxygen atoms in total. The molecule has 0 aromatic heterocycles. The van der Waals surface area contributed by atoms with Crippen molar-refractivity contribution in [2.45, 2.75) is 19.8 Å². The lowest BCUT2D eigenvalue weighted by atomic mass is 10.2. The standard InChI is InChI=1S/C18H21FN2O3S/c1-14-6-3-9-17(12-14)21(25(2,23)24)11-5-10-18(22)20-16-8-4-7-15(19)13-16/h3-4,6-9,12-13H,5,10-11H2,1-2H3,(H,20,22). The Labute approximate surface area is 147 Å². The number of carbonyl (C=O) groups is 1. The topological polar surface area (TPSA) is 66.5 Å². The first kappa shape index (κ1) is 18.9. The van der Waals surface area contributed by atoms with E-state index in [-0.39, 0.29) is 18.9 Å². The third-order valence-electron chi connectivity index (χ3n) is 3.56. The Morgan fingerprint density at radius 1 is 1.16 bits per heavy atom. The number of nitrogens with zero attached hydrogens (tertiary/aromatic N) is 1. The molecule has 0 radical (unpaired) electrons. The molecular formula is C18H21FN2O3S. The minimum atomic E-state index is -3.45. The van der Waals surface area contributed by atoms with Crippen molar-refractivity contribution in [2.24, 2.45) is 0 Å². The SMILES string of the molecule is Cc1cccc(N(CCCC(=O)Nc2cccc(F)c2)S(C)(=O)=O)c1. The maximum atomic E-state index is 13.1. The molecule has 2 aromatic carbocycles. The van der Waals surface area contributed by atoms with Crippen LogP contribution >= 0.6 is 0 Å². The highest BCUT2D eigenvalue weighted by molar-refractivity contribution is 7.92. The molecule has 7 heteroatoms. The second kappa shape index (κ2) is 8.11. The summed E-state index contributed by atoms with van der Waals surface area (Å²) >= 11 is 0. The molecule has 1 amide bonds. The number of rotatable bonds is 7. The Balaban J connectivity index is 1.96. The van der Waals surface area contributed by atoms with Gasteiger partial charge < -0.3 is 5.32 Å². The first-order chi connectivity index (χ1) is 11.8. The number of hydrogen-bond acceptors (Lipinski definition) is 3. The van der Waals surface area contributed by atoms with Crippen LogP contribution in [-0.2, 0) is 14.8 Å². The number of sulfonamides is 1. The minimum Gasteiger partial charge on any atom is -0.326 e. The molecule has 0 heterocycles. The van der Waals surface area contributed by atoms with Crippen LogP contribution in [0.25, 0.3) is 0 Å². The van der Waals surface area contributed by atoms with Crippen LogP contribution < -0.4 is 9.62 Å². The molecule has 2 aromatic rings. The molecule has 1 N–H and O–H groups in total. The molecular weight excluding hydrogens is 343 g/mol. The van der Waals surface area contributed by atoms with E-state index in [1.165, 1.54) is 22.5 Å². The third-order valence-corrected chi connectivity index (χ3v) is 4.76. The zero-order chi connectivity index (χ0) is 18.4. The summed E-state index contributed by atoms with van der Waals surface area (Å²) in [6.07, 6.45) is 1.62. The molecule has 0 saturated carbocycles. The number of aryl methyl sites for hydroxylation is 1. The molecule has 2 rings (SSSR count). The van der Waals surface area contributed by atoms with Gasteiger partial charge in [-0.3, -0.25) is 9.10 Å². The van der Waals surface area contributed by atoms with E-state index in [1.807, 2.05) is 13.0 Å². The Bertz CT molecular complexity index is 853. The molecule has 0 aliphatic carbocycles. The van der Waals surface area contributed by atoms with Crippen LogP contribution in [-0.4, -0.2) is 27.1 Å². The normalized spacial score (nSPS) is 11.2. The average molecular weight is 364 g/mol. The fraction of sp³-hybridized carbons (Fsp3) is 0.278. The van der Waals surface area contributed by atoms with Gasteiger partial charge in [-0.05, 0) is 49.2 Å². The third kappa shape index (κ3) is 5.86. The van der Waals surface area contributed by atoms with E-state index in [0.717, 1.165) is 11.8 Å². The number of amides is 1. The van der Waals surface area contributed by atoms with E-state index in [9.17, 15) is 17.6 Å². The second-order valence-corrected chi connectivity index (χ2v) is 7.74. The zero-order valence-corrected chi connectivity index (χ0v) is 15.0. The lowest BCUT2D eigenvalue weighted by molar-refractivity contribution is -0.116. The minimum absolute atomic E-state index is 0.133. The number of carbonyl (C=O) groups excluding carboxylic acids is 1. The van der Waals surface area contributed by atoms with E-state index >= 15 is 0 Å². The summed E-state index contributed by atoms with van der Waals surface area (Å²) in [5, 5.41) is 2.60. The van der Waals surface area contributed by atoms with Crippen LogP contribution in [0.4, 0.5) is 15.8 Å². The van der Waals surface area contributed by atoms with Gasteiger partial charge in [0.1, 0.15) is 5.82 Å². The molecule has 0 aliphatic rings. The summed E-state index contributed by atoms with van der Waals surface area (Å²) in [6, 6.07) is 12.8. The van der Waals surface area contributed by atoms with E-state index in [0.29, 0.717) is 17.8 Å². The van der Waals surface area contributed by atoms with Gasteiger partial charge in [0.05, 0.1) is 11.9 Å². The van der Waals surface area contributed by atoms with Crippen LogP contribution in [0.1, 0.15) is 18.4 Å². The molecule has 0 spiro atoms. The van der Waals surface area contributed by atoms with Crippen LogP contribution in [0.15, 0.2) is 48.5 Å². The van der Waals surface area contributed by atoms with Gasteiger partial charge in [-0.15, -0.1) is 0 Å². The largest absolute Gasteiger partial charge is 0.326 e. The number of anilines is 2. The zero-order valence-electron chi connectivity index (χ0n) is 14.2. The van der Waals surface area contributed by atoms with E-state index in [1.54, 1.807) is 24.3 Å². The smallest absolute Gasteiger partial charge is 0.232 e. The van der Waals surface area contributed by atoms with Crippen LogP contribution in [0.3, 0.4) is 0 Å². The summed E-state index contributed by atoms with van der Waals surface area (Å²) in [7, 11) is -3.45. The lowest BCUT2D eigenvalue weighted by Crippen LogP contribution is -2.31. The van der Waals surface area contributed by atoms with Gasteiger partial charge in [0.2, 0.25) is 15.9 Å². The van der Waals surface area contributed by atoms with Crippen molar-refractivity contribution in [3.8, 4) is 0 Å².